The van der Waals surface area contributed by atoms with E-state index in [9.17, 15) is 4.79 Å². The van der Waals surface area contributed by atoms with Crippen molar-refractivity contribution in [1.29, 1.82) is 0 Å². The normalized spacial score (nSPS) is 11.9. The number of nitrogens with zero attached hydrogens (tertiary/aromatic N) is 2. The van der Waals surface area contributed by atoms with Crippen LogP contribution in [0.4, 0.5) is 0 Å². The number of methoxy groups -OCH3 is 1. The Labute approximate surface area is 194 Å². The quantitative estimate of drug-likeness (QED) is 0.342. The zero-order valence-electron chi connectivity index (χ0n) is 18.3. The zero-order valence-corrected chi connectivity index (χ0v) is 19.1. The summed E-state index contributed by atoms with van der Waals surface area (Å²) in [5, 5.41) is 0. The van der Waals surface area contributed by atoms with Gasteiger partial charge in [0.25, 0.3) is 5.56 Å². The van der Waals surface area contributed by atoms with Gasteiger partial charge in [0.2, 0.25) is 0 Å². The molecular weight excluding hydrogens is 436 g/mol. The van der Waals surface area contributed by atoms with E-state index in [1.54, 1.807) is 11.5 Å². The number of fused-ring (bicyclic) bond motifs is 3. The molecule has 0 atom stereocenters. The number of thiazole rings is 1. The fourth-order valence-electron chi connectivity index (χ4n) is 3.67. The summed E-state index contributed by atoms with van der Waals surface area (Å²) < 4.78 is 19.4. The van der Waals surface area contributed by atoms with Crippen molar-refractivity contribution >= 4 is 33.4 Å². The number of aromatic nitrogens is 2. The molecule has 5 aromatic rings. The van der Waals surface area contributed by atoms with Crippen molar-refractivity contribution in [2.45, 2.75) is 6.92 Å². The van der Waals surface area contributed by atoms with Crippen molar-refractivity contribution in [3.8, 4) is 17.2 Å². The van der Waals surface area contributed by atoms with Crippen LogP contribution in [0.15, 0.2) is 71.5 Å². The number of benzene rings is 3. The Kier molecular flexibility index (Phi) is 5.71. The first-order valence-corrected chi connectivity index (χ1v) is 11.4. The molecule has 2 aromatic heterocycles. The fraction of sp³-hybridized carbons (Fsp3) is 0.154. The molecule has 0 bridgehead atoms. The molecule has 33 heavy (non-hydrogen) atoms. The van der Waals surface area contributed by atoms with Gasteiger partial charge in [0.15, 0.2) is 16.5 Å². The van der Waals surface area contributed by atoms with Crippen molar-refractivity contribution in [2.24, 2.45) is 0 Å². The summed E-state index contributed by atoms with van der Waals surface area (Å²) in [6.45, 7) is 2.83. The third-order valence-corrected chi connectivity index (χ3v) is 6.20. The molecular formula is C26H22N2O4S. The first-order chi connectivity index (χ1) is 16.1. The third-order valence-electron chi connectivity index (χ3n) is 5.23. The lowest BCUT2D eigenvalue weighted by Crippen LogP contribution is -2.22. The smallest absolute Gasteiger partial charge is 0.274 e. The van der Waals surface area contributed by atoms with Crippen LogP contribution in [0.2, 0.25) is 0 Å². The zero-order chi connectivity index (χ0) is 22.8. The number of hydrogen-bond donors (Lipinski definition) is 0. The van der Waals surface area contributed by atoms with Gasteiger partial charge in [0.05, 0.1) is 22.7 Å². The molecule has 0 radical (unpaired) electrons. The van der Waals surface area contributed by atoms with E-state index in [1.165, 1.54) is 11.3 Å². The topological polar surface area (TPSA) is 62.1 Å². The standard InChI is InChI=1S/C26H22N2O4S/c1-17-6-5-7-19(14-17)31-12-13-32-22-11-10-18(15-23(22)30-2)16-24-25(29)28-21-9-4-3-8-20(21)27-26(28)33-24/h3-11,14-16H,12-13H2,1-2H3/b24-16+. The highest BCUT2D eigenvalue weighted by Gasteiger charge is 2.11. The van der Waals surface area contributed by atoms with Gasteiger partial charge in [-0.05, 0) is 60.5 Å². The molecule has 0 aliphatic heterocycles. The average Bonchev–Trinajstić information content (AvgIpc) is 3.33. The van der Waals surface area contributed by atoms with Gasteiger partial charge in [-0.3, -0.25) is 4.79 Å². The molecule has 3 aromatic carbocycles. The van der Waals surface area contributed by atoms with Crippen LogP contribution in [-0.2, 0) is 0 Å². The molecule has 0 N–H and O–H groups in total. The summed E-state index contributed by atoms with van der Waals surface area (Å²) in [4.78, 5) is 18.2. The summed E-state index contributed by atoms with van der Waals surface area (Å²) in [7, 11) is 1.60. The largest absolute Gasteiger partial charge is 0.493 e. The summed E-state index contributed by atoms with van der Waals surface area (Å²) in [5.74, 6) is 2.04. The Morgan fingerprint density at radius 1 is 0.970 bits per heavy atom. The second-order valence-electron chi connectivity index (χ2n) is 7.56. The van der Waals surface area contributed by atoms with Gasteiger partial charge in [-0.1, -0.05) is 41.7 Å². The van der Waals surface area contributed by atoms with Crippen LogP contribution in [0, 0.1) is 6.92 Å². The van der Waals surface area contributed by atoms with Crippen molar-refractivity contribution < 1.29 is 14.2 Å². The SMILES string of the molecule is COc1cc(/C=c2/sc3nc4ccccc4n3c2=O)ccc1OCCOc1cccc(C)c1. The number of aryl methyl sites for hydroxylation is 1. The molecule has 0 saturated heterocycles. The number of para-hydroxylation sites is 2. The van der Waals surface area contributed by atoms with Crippen LogP contribution in [-0.4, -0.2) is 29.7 Å². The van der Waals surface area contributed by atoms with Gasteiger partial charge >= 0.3 is 0 Å². The number of ether oxygens (including phenoxy) is 3. The highest BCUT2D eigenvalue weighted by molar-refractivity contribution is 7.15. The Balaban J connectivity index is 1.34. The molecule has 0 spiro atoms. The molecule has 0 unspecified atom stereocenters. The van der Waals surface area contributed by atoms with E-state index in [0.29, 0.717) is 34.2 Å². The van der Waals surface area contributed by atoms with Gasteiger partial charge in [0, 0.05) is 0 Å². The monoisotopic (exact) mass is 458 g/mol. The van der Waals surface area contributed by atoms with Crippen LogP contribution < -0.4 is 24.3 Å². The first-order valence-electron chi connectivity index (χ1n) is 10.5. The summed E-state index contributed by atoms with van der Waals surface area (Å²) >= 11 is 1.37. The lowest BCUT2D eigenvalue weighted by molar-refractivity contribution is 0.211. The maximum atomic E-state index is 13.0. The lowest BCUT2D eigenvalue weighted by atomic mass is 10.2. The predicted molar refractivity (Wildman–Crippen MR) is 131 cm³/mol. The molecule has 6 nitrogen and oxygen atoms in total. The lowest BCUT2D eigenvalue weighted by Gasteiger charge is -2.12. The van der Waals surface area contributed by atoms with Crippen LogP contribution in [0.3, 0.4) is 0 Å². The second kappa shape index (κ2) is 8.96. The summed E-state index contributed by atoms with van der Waals surface area (Å²) in [5.41, 5.74) is 3.57. The molecule has 0 fully saturated rings. The van der Waals surface area contributed by atoms with Crippen molar-refractivity contribution in [3.63, 3.8) is 0 Å². The molecule has 0 amide bonds. The minimum absolute atomic E-state index is 0.0729. The van der Waals surface area contributed by atoms with E-state index in [2.05, 4.69) is 4.98 Å². The van der Waals surface area contributed by atoms with E-state index >= 15 is 0 Å². The predicted octanol–water partition coefficient (Wildman–Crippen LogP) is 4.23. The Bertz CT molecular complexity index is 1550. The van der Waals surface area contributed by atoms with Crippen molar-refractivity contribution in [2.75, 3.05) is 20.3 Å². The Morgan fingerprint density at radius 3 is 2.67 bits per heavy atom. The van der Waals surface area contributed by atoms with E-state index in [-0.39, 0.29) is 5.56 Å². The molecule has 7 heteroatoms. The van der Waals surface area contributed by atoms with Gasteiger partial charge in [-0.25, -0.2) is 9.38 Å². The van der Waals surface area contributed by atoms with E-state index in [0.717, 1.165) is 27.9 Å². The Morgan fingerprint density at radius 2 is 1.82 bits per heavy atom. The van der Waals surface area contributed by atoms with Crippen molar-refractivity contribution in [1.82, 2.24) is 9.38 Å². The van der Waals surface area contributed by atoms with Gasteiger partial charge in [-0.15, -0.1) is 0 Å². The maximum absolute atomic E-state index is 13.0. The van der Waals surface area contributed by atoms with Crippen LogP contribution in [0.1, 0.15) is 11.1 Å². The van der Waals surface area contributed by atoms with Crippen molar-refractivity contribution in [3.05, 3.63) is 92.7 Å². The number of hydrogen-bond acceptors (Lipinski definition) is 6. The minimum atomic E-state index is -0.0729. The first kappa shape index (κ1) is 21.0. The number of rotatable bonds is 7. The van der Waals surface area contributed by atoms with E-state index in [4.69, 9.17) is 14.2 Å². The number of imidazole rings is 1. The second-order valence-corrected chi connectivity index (χ2v) is 8.57. The van der Waals surface area contributed by atoms with Gasteiger partial charge in [0.1, 0.15) is 19.0 Å². The minimum Gasteiger partial charge on any atom is -0.493 e. The molecule has 0 aliphatic carbocycles. The van der Waals surface area contributed by atoms with Gasteiger partial charge in [-0.2, -0.15) is 0 Å². The average molecular weight is 459 g/mol. The molecule has 5 rings (SSSR count). The maximum Gasteiger partial charge on any atom is 0.274 e. The van der Waals surface area contributed by atoms with E-state index in [1.807, 2.05) is 79.7 Å². The van der Waals surface area contributed by atoms with E-state index < -0.39 is 0 Å². The molecule has 0 aliphatic rings. The highest BCUT2D eigenvalue weighted by atomic mass is 32.1. The summed E-state index contributed by atoms with van der Waals surface area (Å²) in [6, 6.07) is 21.1. The van der Waals surface area contributed by atoms with Crippen LogP contribution >= 0.6 is 11.3 Å². The highest BCUT2D eigenvalue weighted by Crippen LogP contribution is 2.28. The molecule has 2 heterocycles. The van der Waals surface area contributed by atoms with Crippen LogP contribution in [0.25, 0.3) is 22.1 Å². The fourth-order valence-corrected chi connectivity index (χ4v) is 4.66. The third kappa shape index (κ3) is 4.27. The summed E-state index contributed by atoms with van der Waals surface area (Å²) in [6.07, 6.45) is 1.85. The van der Waals surface area contributed by atoms with Crippen LogP contribution in [0.5, 0.6) is 17.2 Å². The van der Waals surface area contributed by atoms with Gasteiger partial charge < -0.3 is 14.2 Å². The Hall–Kier alpha value is -3.84. The molecule has 0 saturated carbocycles. The molecule has 166 valence electrons.